The molecule has 0 radical (unpaired) electrons. The van der Waals surface area contributed by atoms with Crippen LogP contribution in [0.5, 0.6) is 11.5 Å². The molecule has 10 nitrogen and oxygen atoms in total. The van der Waals surface area contributed by atoms with Crippen molar-refractivity contribution in [1.29, 1.82) is 0 Å². The molecule has 3 aromatic carbocycles. The molecule has 2 N–H and O–H groups in total. The van der Waals surface area contributed by atoms with Crippen molar-refractivity contribution in [3.63, 3.8) is 0 Å². The topological polar surface area (TPSA) is 122 Å². The minimum atomic E-state index is -0.463. The second kappa shape index (κ2) is 12.4. The maximum absolute atomic E-state index is 14.4. The number of ether oxygens (including phenoxy) is 2. The molecular formula is C30H32ClN7O3. The molecule has 2 aromatic heterocycles. The number of H-pyrrole nitrogens is 2. The van der Waals surface area contributed by atoms with Gasteiger partial charge in [-0.2, -0.15) is 0 Å². The van der Waals surface area contributed by atoms with Crippen LogP contribution < -0.4 is 9.47 Å². The van der Waals surface area contributed by atoms with Gasteiger partial charge in [0.25, 0.3) is 5.91 Å². The van der Waals surface area contributed by atoms with Gasteiger partial charge in [-0.25, -0.2) is 10.1 Å². The van der Waals surface area contributed by atoms with Crippen LogP contribution in [0.25, 0.3) is 22.4 Å². The Morgan fingerprint density at radius 1 is 1.02 bits per heavy atom. The minimum absolute atomic E-state index is 0.197. The number of hydrogen-bond donors (Lipinski definition) is 2. The summed E-state index contributed by atoms with van der Waals surface area (Å²) in [5.41, 5.74) is 3.83. The lowest BCUT2D eigenvalue weighted by atomic mass is 9.97. The van der Waals surface area contributed by atoms with Gasteiger partial charge in [-0.05, 0) is 52.6 Å². The number of aromatic amines is 2. The summed E-state index contributed by atoms with van der Waals surface area (Å²) in [5, 5.41) is 14.7. The fourth-order valence-electron chi connectivity index (χ4n) is 4.90. The van der Waals surface area contributed by atoms with E-state index in [1.54, 1.807) is 12.1 Å². The van der Waals surface area contributed by atoms with Crippen LogP contribution in [0.1, 0.15) is 48.1 Å². The van der Waals surface area contributed by atoms with Crippen LogP contribution in [0.2, 0.25) is 5.02 Å². The Balaban J connectivity index is 1.65. The molecule has 5 rings (SSSR count). The highest BCUT2D eigenvalue weighted by Crippen LogP contribution is 2.39. The van der Waals surface area contributed by atoms with E-state index >= 15 is 0 Å². The van der Waals surface area contributed by atoms with E-state index < -0.39 is 6.04 Å². The first-order valence-electron chi connectivity index (χ1n) is 13.4. The van der Waals surface area contributed by atoms with E-state index in [0.29, 0.717) is 47.6 Å². The highest BCUT2D eigenvalue weighted by atomic mass is 35.5. The summed E-state index contributed by atoms with van der Waals surface area (Å²) in [6.07, 6.45) is 1.23. The van der Waals surface area contributed by atoms with E-state index in [2.05, 4.69) is 39.5 Å². The number of benzene rings is 3. The Morgan fingerprint density at radius 2 is 1.80 bits per heavy atom. The summed E-state index contributed by atoms with van der Waals surface area (Å²) in [7, 11) is 3.03. The van der Waals surface area contributed by atoms with Crippen LogP contribution in [0.3, 0.4) is 0 Å². The van der Waals surface area contributed by atoms with Gasteiger partial charge in [-0.1, -0.05) is 61.8 Å². The molecule has 1 unspecified atom stereocenters. The first-order chi connectivity index (χ1) is 19.9. The van der Waals surface area contributed by atoms with Crippen molar-refractivity contribution in [3.05, 3.63) is 82.6 Å². The van der Waals surface area contributed by atoms with Gasteiger partial charge in [0.15, 0.2) is 17.3 Å². The predicted molar refractivity (Wildman–Crippen MR) is 157 cm³/mol. The van der Waals surface area contributed by atoms with E-state index in [9.17, 15) is 4.79 Å². The van der Waals surface area contributed by atoms with Gasteiger partial charge in [0.1, 0.15) is 5.82 Å². The Labute approximate surface area is 243 Å². The molecule has 0 spiro atoms. The highest BCUT2D eigenvalue weighted by Gasteiger charge is 2.32. The van der Waals surface area contributed by atoms with Crippen LogP contribution >= 0.6 is 11.6 Å². The van der Waals surface area contributed by atoms with Crippen molar-refractivity contribution in [2.75, 3.05) is 20.8 Å². The number of methoxy groups -OCH3 is 2. The summed E-state index contributed by atoms with van der Waals surface area (Å²) < 4.78 is 10.9. The van der Waals surface area contributed by atoms with Gasteiger partial charge in [0.2, 0.25) is 0 Å². The monoisotopic (exact) mass is 573 g/mol. The molecule has 0 aliphatic rings. The maximum Gasteiger partial charge on any atom is 0.256 e. The Kier molecular flexibility index (Phi) is 8.49. The number of fused-ring (bicyclic) bond motifs is 1. The van der Waals surface area contributed by atoms with Crippen molar-refractivity contribution < 1.29 is 14.3 Å². The highest BCUT2D eigenvalue weighted by molar-refractivity contribution is 6.35. The Morgan fingerprint density at radius 3 is 2.51 bits per heavy atom. The zero-order valence-electron chi connectivity index (χ0n) is 23.4. The second-order valence-corrected chi connectivity index (χ2v) is 10.5. The standard InChI is InChI=1S/C30H32ClN7O3/c1-18(2)15-16-38(30(39)21-13-14-25(40-3)27(41-4)26(21)31)24(29-32-22-11-7-8-12-23(22)33-29)17-19-9-5-6-10-20(19)28-34-36-37-35-28/h5-14,18,24H,15-17H2,1-4H3,(H,32,33)(H,34,35,36,37). The molecule has 0 aliphatic carbocycles. The molecule has 5 aromatic rings. The van der Waals surface area contributed by atoms with Crippen LogP contribution in [-0.2, 0) is 6.42 Å². The van der Waals surface area contributed by atoms with E-state index in [1.807, 2.05) is 53.4 Å². The smallest absolute Gasteiger partial charge is 0.256 e. The lowest BCUT2D eigenvalue weighted by Crippen LogP contribution is -2.38. The Hall–Kier alpha value is -4.44. The van der Waals surface area contributed by atoms with E-state index in [-0.39, 0.29) is 10.9 Å². The van der Waals surface area contributed by atoms with E-state index in [0.717, 1.165) is 28.6 Å². The Bertz CT molecular complexity index is 1600. The molecule has 41 heavy (non-hydrogen) atoms. The van der Waals surface area contributed by atoms with Gasteiger partial charge in [0.05, 0.1) is 41.9 Å². The number of nitrogens with zero attached hydrogens (tertiary/aromatic N) is 5. The van der Waals surface area contributed by atoms with Crippen molar-refractivity contribution >= 4 is 28.5 Å². The quantitative estimate of drug-likeness (QED) is 0.202. The van der Waals surface area contributed by atoms with Crippen molar-refractivity contribution in [3.8, 4) is 22.9 Å². The predicted octanol–water partition coefficient (Wildman–Crippen LogP) is 5.89. The number of carbonyl (C=O) groups excluding carboxylic acids is 1. The van der Waals surface area contributed by atoms with Crippen LogP contribution in [0, 0.1) is 5.92 Å². The number of halogens is 1. The zero-order valence-corrected chi connectivity index (χ0v) is 24.1. The van der Waals surface area contributed by atoms with Crippen LogP contribution in [0.4, 0.5) is 0 Å². The van der Waals surface area contributed by atoms with Crippen molar-refractivity contribution in [2.45, 2.75) is 32.7 Å². The number of carbonyl (C=O) groups is 1. The third kappa shape index (κ3) is 5.88. The van der Waals surface area contributed by atoms with Crippen LogP contribution in [0.15, 0.2) is 60.7 Å². The number of amides is 1. The largest absolute Gasteiger partial charge is 0.493 e. The zero-order chi connectivity index (χ0) is 28.9. The molecule has 0 aliphatic heterocycles. The summed E-state index contributed by atoms with van der Waals surface area (Å²) in [4.78, 5) is 24.7. The second-order valence-electron chi connectivity index (χ2n) is 10.1. The SMILES string of the molecule is COc1ccc(C(=O)N(CCC(C)C)C(Cc2ccccc2-c2nnn[nH]2)c2nc3ccccc3[nH]2)c(Cl)c1OC. The number of nitrogens with one attached hydrogen (secondary N) is 2. The lowest BCUT2D eigenvalue weighted by Gasteiger charge is -2.32. The molecular weight excluding hydrogens is 542 g/mol. The normalized spacial score (nSPS) is 12.0. The third-order valence-corrected chi connectivity index (χ3v) is 7.43. The molecule has 1 atom stereocenters. The van der Waals surface area contributed by atoms with Crippen LogP contribution in [-0.4, -0.2) is 62.2 Å². The summed E-state index contributed by atoms with van der Waals surface area (Å²) in [6.45, 7) is 4.75. The number of hydrogen-bond acceptors (Lipinski definition) is 7. The maximum atomic E-state index is 14.4. The van der Waals surface area contributed by atoms with Crippen molar-refractivity contribution in [2.24, 2.45) is 5.92 Å². The van der Waals surface area contributed by atoms with Gasteiger partial charge >= 0.3 is 0 Å². The first-order valence-corrected chi connectivity index (χ1v) is 13.8. The fraction of sp³-hybridized carbons (Fsp3) is 0.300. The lowest BCUT2D eigenvalue weighted by molar-refractivity contribution is 0.0656. The number of imidazole rings is 1. The number of tetrazole rings is 1. The minimum Gasteiger partial charge on any atom is -0.493 e. The van der Waals surface area contributed by atoms with E-state index in [1.165, 1.54) is 14.2 Å². The summed E-state index contributed by atoms with van der Waals surface area (Å²) >= 11 is 6.76. The average molecular weight is 574 g/mol. The average Bonchev–Trinajstić information content (AvgIpc) is 3.67. The molecule has 1 amide bonds. The van der Waals surface area contributed by atoms with Gasteiger partial charge in [0, 0.05) is 18.5 Å². The molecule has 2 heterocycles. The molecule has 0 bridgehead atoms. The number of aromatic nitrogens is 6. The third-order valence-electron chi connectivity index (χ3n) is 7.05. The molecule has 0 fully saturated rings. The van der Waals surface area contributed by atoms with Gasteiger partial charge in [-0.3, -0.25) is 4.79 Å². The molecule has 212 valence electrons. The molecule has 11 heteroatoms. The number of para-hydroxylation sites is 2. The van der Waals surface area contributed by atoms with Crippen molar-refractivity contribution in [1.82, 2.24) is 35.5 Å². The summed E-state index contributed by atoms with van der Waals surface area (Å²) in [5.74, 6) is 2.10. The first kappa shape index (κ1) is 28.1. The molecule has 0 saturated heterocycles. The molecule has 0 saturated carbocycles. The van der Waals surface area contributed by atoms with Gasteiger partial charge in [-0.15, -0.1) is 5.10 Å². The van der Waals surface area contributed by atoms with Gasteiger partial charge < -0.3 is 19.4 Å². The summed E-state index contributed by atoms with van der Waals surface area (Å²) in [6, 6.07) is 18.6. The van der Waals surface area contributed by atoms with E-state index in [4.69, 9.17) is 26.1 Å². The fourth-order valence-corrected chi connectivity index (χ4v) is 5.22. The number of rotatable bonds is 11.